The van der Waals surface area contributed by atoms with E-state index in [9.17, 15) is 0 Å². The van der Waals surface area contributed by atoms with Gasteiger partial charge in [-0.3, -0.25) is 0 Å². The van der Waals surface area contributed by atoms with E-state index in [0.717, 1.165) is 11.3 Å². The van der Waals surface area contributed by atoms with Crippen LogP contribution in [-0.2, 0) is 0 Å². The molecular weight excluding hydrogens is 309 g/mol. The molecule has 1 unspecified atom stereocenters. The second-order valence-corrected chi connectivity index (χ2v) is 11.2. The SMILES string of the molecule is CC[C@@H](C1C=CC=C1P(C1CCCCC1)C1CCCCC1)N(C)C. The number of hydrogen-bond acceptors (Lipinski definition) is 1. The Hall–Kier alpha value is -0.130. The number of allylic oxidation sites excluding steroid dienone is 2. The minimum atomic E-state index is 0.0716. The van der Waals surface area contributed by atoms with Crippen LogP contribution in [-0.4, -0.2) is 36.4 Å². The molecule has 24 heavy (non-hydrogen) atoms. The van der Waals surface area contributed by atoms with Gasteiger partial charge in [-0.25, -0.2) is 0 Å². The topological polar surface area (TPSA) is 3.24 Å². The van der Waals surface area contributed by atoms with Crippen molar-refractivity contribution in [3.63, 3.8) is 0 Å². The Labute approximate surface area is 151 Å². The van der Waals surface area contributed by atoms with E-state index in [1.165, 1.54) is 70.6 Å². The monoisotopic (exact) mass is 347 g/mol. The lowest BCUT2D eigenvalue weighted by atomic mass is 9.98. The van der Waals surface area contributed by atoms with Crippen LogP contribution in [0.15, 0.2) is 23.5 Å². The molecule has 0 radical (unpaired) electrons. The molecule has 0 spiro atoms. The lowest BCUT2D eigenvalue weighted by Crippen LogP contribution is -2.35. The van der Waals surface area contributed by atoms with E-state index >= 15 is 0 Å². The predicted molar refractivity (Wildman–Crippen MR) is 109 cm³/mol. The fraction of sp³-hybridized carbons (Fsp3) is 0.818. The lowest BCUT2D eigenvalue weighted by molar-refractivity contribution is 0.253. The second kappa shape index (κ2) is 9.00. The molecule has 0 aliphatic heterocycles. The van der Waals surface area contributed by atoms with Gasteiger partial charge in [0.15, 0.2) is 0 Å². The Bertz CT molecular complexity index is 423. The van der Waals surface area contributed by atoms with Crippen LogP contribution in [0.5, 0.6) is 0 Å². The molecule has 2 atom stereocenters. The van der Waals surface area contributed by atoms with Crippen molar-refractivity contribution in [2.75, 3.05) is 14.1 Å². The standard InChI is InChI=1S/C22H38NP/c1-4-21(23(2)3)20-16-11-17-22(20)24(18-12-7-5-8-13-18)19-14-9-6-10-15-19/h11,16-21H,4-10,12-15H2,1-3H3/t20?,21-/m0/s1. The minimum Gasteiger partial charge on any atom is -0.306 e. The maximum atomic E-state index is 2.56. The second-order valence-electron chi connectivity index (χ2n) is 8.43. The van der Waals surface area contributed by atoms with Gasteiger partial charge >= 0.3 is 0 Å². The quantitative estimate of drug-likeness (QED) is 0.493. The molecular formula is C22H38NP. The van der Waals surface area contributed by atoms with Gasteiger partial charge < -0.3 is 4.90 Å². The lowest BCUT2D eigenvalue weighted by Gasteiger charge is -2.43. The molecule has 2 fully saturated rings. The highest BCUT2D eigenvalue weighted by Crippen LogP contribution is 2.64. The molecule has 0 N–H and O–H groups in total. The molecule has 1 nitrogen and oxygen atoms in total. The Kier molecular flexibility index (Phi) is 6.99. The summed E-state index contributed by atoms with van der Waals surface area (Å²) in [6.07, 6.45) is 23.8. The molecule has 3 aliphatic carbocycles. The van der Waals surface area contributed by atoms with E-state index in [0.29, 0.717) is 12.0 Å². The van der Waals surface area contributed by atoms with Gasteiger partial charge in [0.05, 0.1) is 0 Å². The molecule has 3 rings (SSSR count). The van der Waals surface area contributed by atoms with Crippen LogP contribution in [0.3, 0.4) is 0 Å². The Morgan fingerprint density at radius 2 is 1.50 bits per heavy atom. The Morgan fingerprint density at radius 3 is 1.96 bits per heavy atom. The summed E-state index contributed by atoms with van der Waals surface area (Å²) in [6, 6.07) is 0.687. The van der Waals surface area contributed by atoms with E-state index in [4.69, 9.17) is 0 Å². The van der Waals surface area contributed by atoms with Crippen molar-refractivity contribution in [3.05, 3.63) is 23.5 Å². The van der Waals surface area contributed by atoms with E-state index in [2.05, 4.69) is 44.1 Å². The van der Waals surface area contributed by atoms with Gasteiger partial charge in [-0.15, -0.1) is 0 Å². The van der Waals surface area contributed by atoms with Crippen molar-refractivity contribution in [2.45, 2.75) is 94.9 Å². The van der Waals surface area contributed by atoms with E-state index < -0.39 is 0 Å². The van der Waals surface area contributed by atoms with Crippen LogP contribution >= 0.6 is 7.92 Å². The van der Waals surface area contributed by atoms with E-state index in [-0.39, 0.29) is 7.92 Å². The maximum Gasteiger partial charge on any atom is 0.0190 e. The molecule has 0 bridgehead atoms. The van der Waals surface area contributed by atoms with Gasteiger partial charge in [0, 0.05) is 12.0 Å². The van der Waals surface area contributed by atoms with Crippen molar-refractivity contribution in [2.24, 2.45) is 5.92 Å². The highest BCUT2D eigenvalue weighted by molar-refractivity contribution is 7.63. The van der Waals surface area contributed by atoms with Crippen molar-refractivity contribution < 1.29 is 0 Å². The smallest absolute Gasteiger partial charge is 0.0190 e. The maximum absolute atomic E-state index is 2.56. The molecule has 0 amide bonds. The van der Waals surface area contributed by atoms with Crippen LogP contribution in [0.1, 0.15) is 77.6 Å². The molecule has 136 valence electrons. The van der Waals surface area contributed by atoms with Crippen molar-refractivity contribution >= 4 is 7.92 Å². The summed E-state index contributed by atoms with van der Waals surface area (Å²) < 4.78 is 0. The highest BCUT2D eigenvalue weighted by atomic mass is 31.1. The van der Waals surface area contributed by atoms with Crippen LogP contribution < -0.4 is 0 Å². The summed E-state index contributed by atoms with van der Waals surface area (Å²) in [5, 5.41) is 1.88. The number of nitrogens with zero attached hydrogens (tertiary/aromatic N) is 1. The molecule has 2 heteroatoms. The summed E-state index contributed by atoms with van der Waals surface area (Å²) in [6.45, 7) is 2.37. The van der Waals surface area contributed by atoms with Crippen LogP contribution in [0.25, 0.3) is 0 Å². The van der Waals surface area contributed by atoms with Crippen LogP contribution in [0.2, 0.25) is 0 Å². The summed E-state index contributed by atoms with van der Waals surface area (Å²) in [5.74, 6) is 0.694. The summed E-state index contributed by atoms with van der Waals surface area (Å²) in [4.78, 5) is 2.48. The third kappa shape index (κ3) is 4.16. The molecule has 0 aromatic rings. The van der Waals surface area contributed by atoms with Crippen LogP contribution in [0.4, 0.5) is 0 Å². The third-order valence-electron chi connectivity index (χ3n) is 6.66. The third-order valence-corrected chi connectivity index (χ3v) is 10.3. The van der Waals surface area contributed by atoms with Gasteiger partial charge in [-0.1, -0.05) is 71.6 Å². The Morgan fingerprint density at radius 1 is 0.958 bits per heavy atom. The van der Waals surface area contributed by atoms with Gasteiger partial charge in [-0.2, -0.15) is 0 Å². The first-order chi connectivity index (χ1) is 11.7. The predicted octanol–water partition coefficient (Wildman–Crippen LogP) is 6.54. The first-order valence-electron chi connectivity index (χ1n) is 10.6. The molecule has 3 aliphatic rings. The Balaban J connectivity index is 1.83. The summed E-state index contributed by atoms with van der Waals surface area (Å²) in [5.41, 5.74) is 2.07. The fourth-order valence-corrected chi connectivity index (χ4v) is 9.59. The molecule has 0 heterocycles. The normalized spacial score (nSPS) is 27.9. The van der Waals surface area contributed by atoms with Gasteiger partial charge in [0.2, 0.25) is 0 Å². The summed E-state index contributed by atoms with van der Waals surface area (Å²) >= 11 is 0. The fourth-order valence-electron chi connectivity index (χ4n) is 5.45. The van der Waals surface area contributed by atoms with Gasteiger partial charge in [0.1, 0.15) is 0 Å². The largest absolute Gasteiger partial charge is 0.306 e. The number of rotatable bonds is 6. The van der Waals surface area contributed by atoms with Crippen LogP contribution in [0, 0.1) is 5.92 Å². The molecule has 2 saturated carbocycles. The van der Waals surface area contributed by atoms with Crippen molar-refractivity contribution in [3.8, 4) is 0 Å². The average Bonchev–Trinajstić information content (AvgIpc) is 3.06. The first kappa shape index (κ1) is 18.7. The van der Waals surface area contributed by atoms with Gasteiger partial charge in [-0.05, 0) is 62.8 Å². The van der Waals surface area contributed by atoms with E-state index in [1.807, 2.05) is 5.31 Å². The molecule has 0 aromatic carbocycles. The number of hydrogen-bond donors (Lipinski definition) is 0. The van der Waals surface area contributed by atoms with Crippen molar-refractivity contribution in [1.82, 2.24) is 4.90 Å². The molecule has 0 aromatic heterocycles. The van der Waals surface area contributed by atoms with Crippen molar-refractivity contribution in [1.29, 1.82) is 0 Å². The minimum absolute atomic E-state index is 0.0716. The first-order valence-corrected chi connectivity index (χ1v) is 12.0. The zero-order chi connectivity index (χ0) is 16.9. The summed E-state index contributed by atoms with van der Waals surface area (Å²) in [7, 11) is 4.63. The average molecular weight is 348 g/mol. The van der Waals surface area contributed by atoms with Gasteiger partial charge in [0.25, 0.3) is 0 Å². The zero-order valence-corrected chi connectivity index (χ0v) is 17.1. The molecule has 0 saturated heterocycles. The highest BCUT2D eigenvalue weighted by Gasteiger charge is 2.38. The van der Waals surface area contributed by atoms with E-state index in [1.54, 1.807) is 0 Å². The zero-order valence-electron chi connectivity index (χ0n) is 16.2.